The van der Waals surface area contributed by atoms with Gasteiger partial charge in [0.15, 0.2) is 5.03 Å². The Morgan fingerprint density at radius 3 is 2.59 bits per heavy atom. The van der Waals surface area contributed by atoms with Crippen LogP contribution in [0.3, 0.4) is 0 Å². The van der Waals surface area contributed by atoms with Crippen LogP contribution in [0.25, 0.3) is 0 Å². The second-order valence-corrected chi connectivity index (χ2v) is 7.40. The molecule has 22 heavy (non-hydrogen) atoms. The number of hydrogen-bond donors (Lipinski definition) is 2. The van der Waals surface area contributed by atoms with Crippen LogP contribution in [0.5, 0.6) is 0 Å². The molecule has 2 rings (SSSR count). The van der Waals surface area contributed by atoms with E-state index >= 15 is 0 Å². The van der Waals surface area contributed by atoms with Gasteiger partial charge in [-0.2, -0.15) is 0 Å². The number of hydrogen-bond acceptors (Lipinski definition) is 4. The quantitative estimate of drug-likeness (QED) is 0.798. The van der Waals surface area contributed by atoms with Crippen LogP contribution in [0.15, 0.2) is 47.9 Å². The number of rotatable bonds is 7. The van der Waals surface area contributed by atoms with Crippen molar-refractivity contribution in [3.63, 3.8) is 0 Å². The second-order valence-electron chi connectivity index (χ2n) is 5.68. The highest BCUT2D eigenvalue weighted by molar-refractivity contribution is 7.89. The highest BCUT2D eigenvalue weighted by Crippen LogP contribution is 2.14. The summed E-state index contributed by atoms with van der Waals surface area (Å²) >= 11 is 0. The van der Waals surface area contributed by atoms with E-state index in [2.05, 4.69) is 9.71 Å². The van der Waals surface area contributed by atoms with E-state index in [9.17, 15) is 13.5 Å². The standard InChI is InChI=1S/C15H21N3O3S/c1-15(19,9-8-13-6-4-3-5-7-13)11-17-22(20,21)14-10-18(2)12-16-14/h3-7,10,12,17,19H,8-9,11H2,1-2H3/t15-/m0/s1. The number of aryl methyl sites for hydroxylation is 2. The van der Waals surface area contributed by atoms with Crippen molar-refractivity contribution in [1.29, 1.82) is 0 Å². The molecule has 6 nitrogen and oxygen atoms in total. The lowest BCUT2D eigenvalue weighted by molar-refractivity contribution is 0.0565. The maximum Gasteiger partial charge on any atom is 0.259 e. The Morgan fingerprint density at radius 1 is 1.32 bits per heavy atom. The van der Waals surface area contributed by atoms with Gasteiger partial charge in [-0.1, -0.05) is 30.3 Å². The van der Waals surface area contributed by atoms with E-state index in [1.165, 1.54) is 12.5 Å². The van der Waals surface area contributed by atoms with E-state index in [0.717, 1.165) is 5.56 Å². The third-order valence-electron chi connectivity index (χ3n) is 3.39. The highest BCUT2D eigenvalue weighted by atomic mass is 32.2. The minimum atomic E-state index is -3.70. The van der Waals surface area contributed by atoms with Crippen molar-refractivity contribution in [3.8, 4) is 0 Å². The van der Waals surface area contributed by atoms with Crippen LogP contribution in [-0.4, -0.2) is 35.2 Å². The van der Waals surface area contributed by atoms with E-state index < -0.39 is 15.6 Å². The molecule has 120 valence electrons. The van der Waals surface area contributed by atoms with Crippen LogP contribution in [0, 0.1) is 0 Å². The van der Waals surface area contributed by atoms with E-state index in [-0.39, 0.29) is 11.6 Å². The monoisotopic (exact) mass is 323 g/mol. The van der Waals surface area contributed by atoms with Crippen LogP contribution in [-0.2, 0) is 23.5 Å². The minimum absolute atomic E-state index is 0.0474. The van der Waals surface area contributed by atoms with Crippen molar-refractivity contribution >= 4 is 10.0 Å². The van der Waals surface area contributed by atoms with E-state index in [4.69, 9.17) is 0 Å². The number of imidazole rings is 1. The van der Waals surface area contributed by atoms with Crippen molar-refractivity contribution in [2.24, 2.45) is 7.05 Å². The van der Waals surface area contributed by atoms with Gasteiger partial charge < -0.3 is 9.67 Å². The van der Waals surface area contributed by atoms with E-state index in [0.29, 0.717) is 12.8 Å². The molecule has 2 N–H and O–H groups in total. The summed E-state index contributed by atoms with van der Waals surface area (Å²) < 4.78 is 28.1. The van der Waals surface area contributed by atoms with Gasteiger partial charge in [-0.15, -0.1) is 0 Å². The molecule has 1 aromatic heterocycles. The zero-order chi connectivity index (χ0) is 16.2. The third kappa shape index (κ3) is 4.66. The fourth-order valence-corrected chi connectivity index (χ4v) is 3.14. The average molecular weight is 323 g/mol. The molecule has 0 aliphatic heterocycles. The third-order valence-corrected chi connectivity index (χ3v) is 4.68. The molecule has 0 aliphatic carbocycles. The molecule has 0 unspecified atom stereocenters. The van der Waals surface area contributed by atoms with Gasteiger partial charge in [-0.3, -0.25) is 0 Å². The van der Waals surface area contributed by atoms with Crippen LogP contribution >= 0.6 is 0 Å². The molecule has 1 aromatic carbocycles. The summed E-state index contributed by atoms with van der Waals surface area (Å²) in [4.78, 5) is 3.81. The molecular weight excluding hydrogens is 302 g/mol. The molecule has 0 aliphatic rings. The first-order valence-electron chi connectivity index (χ1n) is 7.02. The molecule has 0 bridgehead atoms. The molecular formula is C15H21N3O3S. The normalized spacial score (nSPS) is 14.7. The number of nitrogens with one attached hydrogen (secondary N) is 1. The zero-order valence-electron chi connectivity index (χ0n) is 12.7. The fourth-order valence-electron chi connectivity index (χ4n) is 2.00. The van der Waals surface area contributed by atoms with Crippen LogP contribution in [0.2, 0.25) is 0 Å². The average Bonchev–Trinajstić information content (AvgIpc) is 2.92. The summed E-state index contributed by atoms with van der Waals surface area (Å²) in [7, 11) is -2.00. The lowest BCUT2D eigenvalue weighted by atomic mass is 9.97. The number of sulfonamides is 1. The van der Waals surface area contributed by atoms with Crippen molar-refractivity contribution in [3.05, 3.63) is 48.4 Å². The van der Waals surface area contributed by atoms with Gasteiger partial charge >= 0.3 is 0 Å². The van der Waals surface area contributed by atoms with Gasteiger partial charge in [-0.25, -0.2) is 18.1 Å². The first kappa shape index (κ1) is 16.7. The summed E-state index contributed by atoms with van der Waals surface area (Å²) in [6.45, 7) is 1.57. The summed E-state index contributed by atoms with van der Waals surface area (Å²) in [5, 5.41) is 10.3. The first-order chi connectivity index (χ1) is 10.3. The summed E-state index contributed by atoms with van der Waals surface area (Å²) in [5.41, 5.74) is -0.0205. The predicted octanol–water partition coefficient (Wildman–Crippen LogP) is 1.08. The van der Waals surface area contributed by atoms with Gasteiger partial charge in [-0.05, 0) is 25.3 Å². The second kappa shape index (κ2) is 6.60. The Hall–Kier alpha value is -1.70. The Bertz CT molecular complexity index is 709. The maximum atomic E-state index is 12.1. The maximum absolute atomic E-state index is 12.1. The Labute approximate surface area is 130 Å². The van der Waals surface area contributed by atoms with Gasteiger partial charge in [0.25, 0.3) is 10.0 Å². The molecule has 0 spiro atoms. The van der Waals surface area contributed by atoms with Gasteiger partial charge in [0.1, 0.15) is 0 Å². The topological polar surface area (TPSA) is 84.2 Å². The van der Waals surface area contributed by atoms with Crippen molar-refractivity contribution in [2.75, 3.05) is 6.54 Å². The van der Waals surface area contributed by atoms with E-state index in [1.807, 2.05) is 30.3 Å². The lowest BCUT2D eigenvalue weighted by Gasteiger charge is -2.23. The van der Waals surface area contributed by atoms with E-state index in [1.54, 1.807) is 18.5 Å². The lowest BCUT2D eigenvalue weighted by Crippen LogP contribution is -2.41. The zero-order valence-corrected chi connectivity index (χ0v) is 13.5. The molecule has 0 saturated carbocycles. The Kier molecular flexibility index (Phi) is 5.00. The summed E-state index contributed by atoms with van der Waals surface area (Å²) in [6.07, 6.45) is 3.98. The fraction of sp³-hybridized carbons (Fsp3) is 0.400. The van der Waals surface area contributed by atoms with Gasteiger partial charge in [0.05, 0.1) is 11.9 Å². The minimum Gasteiger partial charge on any atom is -0.389 e. The van der Waals surface area contributed by atoms with Crippen molar-refractivity contribution in [1.82, 2.24) is 14.3 Å². The van der Waals surface area contributed by atoms with Gasteiger partial charge in [0, 0.05) is 19.8 Å². The molecule has 7 heteroatoms. The van der Waals surface area contributed by atoms with Crippen LogP contribution < -0.4 is 4.72 Å². The van der Waals surface area contributed by atoms with Gasteiger partial charge in [0.2, 0.25) is 0 Å². The Morgan fingerprint density at radius 2 is 2.00 bits per heavy atom. The molecule has 0 radical (unpaired) electrons. The Balaban J connectivity index is 1.91. The SMILES string of the molecule is Cn1cnc(S(=O)(=O)NC[C@@](C)(O)CCc2ccccc2)c1. The van der Waals surface area contributed by atoms with Crippen LogP contribution in [0.1, 0.15) is 18.9 Å². The number of aliphatic hydroxyl groups is 1. The number of nitrogens with zero attached hydrogens (tertiary/aromatic N) is 2. The molecule has 0 saturated heterocycles. The molecule has 0 amide bonds. The predicted molar refractivity (Wildman–Crippen MR) is 83.8 cm³/mol. The number of aromatic nitrogens is 2. The van der Waals surface area contributed by atoms with Crippen molar-refractivity contribution in [2.45, 2.75) is 30.4 Å². The summed E-state index contributed by atoms with van der Waals surface area (Å²) in [5.74, 6) is 0. The molecule has 2 aromatic rings. The molecule has 1 atom stereocenters. The first-order valence-corrected chi connectivity index (χ1v) is 8.51. The van der Waals surface area contributed by atoms with Crippen LogP contribution in [0.4, 0.5) is 0 Å². The molecule has 1 heterocycles. The number of benzene rings is 1. The summed E-state index contributed by atoms with van der Waals surface area (Å²) in [6, 6.07) is 9.77. The highest BCUT2D eigenvalue weighted by Gasteiger charge is 2.25. The molecule has 0 fully saturated rings. The smallest absolute Gasteiger partial charge is 0.259 e. The largest absolute Gasteiger partial charge is 0.389 e. The van der Waals surface area contributed by atoms with Crippen molar-refractivity contribution < 1.29 is 13.5 Å².